The van der Waals surface area contributed by atoms with Crippen molar-refractivity contribution in [3.8, 4) is 11.3 Å². The Morgan fingerprint density at radius 1 is 0.767 bits per heavy atom. The molecule has 12 heteroatoms. The smallest absolute Gasteiger partial charge is 0.407 e. The molecule has 1 aromatic heterocycles. The Balaban J connectivity index is 1.42. The van der Waals surface area contributed by atoms with Crippen LogP contribution in [0.4, 0.5) is 9.59 Å². The Morgan fingerprint density at radius 3 is 2.03 bits per heavy atom. The number of carbonyl (C=O) groups excluding carboxylic acids is 4. The van der Waals surface area contributed by atoms with Crippen LogP contribution in [0.3, 0.4) is 0 Å². The van der Waals surface area contributed by atoms with Crippen molar-refractivity contribution in [3.63, 3.8) is 0 Å². The minimum Gasteiger partial charge on any atom is -0.453 e. The fourth-order valence-electron chi connectivity index (χ4n) is 7.81. The molecular formula is C48H62N6O6. The van der Waals surface area contributed by atoms with Crippen molar-refractivity contribution in [2.24, 2.45) is 10.8 Å². The fraction of sp³-hybridized carbons (Fsp3) is 0.438. The highest BCUT2D eigenvalue weighted by atomic mass is 16.5. The molecule has 5 atom stereocenters. The summed E-state index contributed by atoms with van der Waals surface area (Å²) in [5.74, 6) is -0.802. The number of rotatable bonds is 16. The van der Waals surface area contributed by atoms with Gasteiger partial charge in [-0.25, -0.2) is 9.59 Å². The number of hydrogen-bond donors (Lipinski definition) is 4. The standard InChI is InChI=1S/C48H62N6O6/c1-32-16-12-13-19-36(32)31-53-26-27-54(46(53)59)42(48(5,6)7)44(57)51-39(29-33-17-10-9-11-18-33)40(55)30-37(50-43(56)41(47(2,3)4)52-45(58)60-8)28-34-21-23-35(24-22-34)38-20-14-15-25-49-38/h9-25,37,39-42,55H,26-31H2,1-8H3,(H,50,56)(H,51,57)(H,52,58)/t37-,39-,40-,41+,42+/m0/s1. The SMILES string of the molecule is COC(=O)N[C@H](C(=O)N[C@@H](Cc1ccc(-c2ccccn2)cc1)C[C@H](O)[C@H](Cc1ccccc1)NC(=O)[C@@H](N1CCN(Cc2ccccc2C)C1=O)C(C)(C)C)C(C)(C)C. The molecule has 5 rings (SSSR count). The van der Waals surface area contributed by atoms with Crippen molar-refractivity contribution in [3.05, 3.63) is 126 Å². The van der Waals surface area contributed by atoms with E-state index in [1.165, 1.54) is 7.11 Å². The third-order valence-electron chi connectivity index (χ3n) is 11.1. The van der Waals surface area contributed by atoms with E-state index in [-0.39, 0.29) is 18.4 Å². The summed E-state index contributed by atoms with van der Waals surface area (Å²) < 4.78 is 4.85. The Kier molecular flexibility index (Phi) is 15.1. The van der Waals surface area contributed by atoms with Gasteiger partial charge < -0.3 is 35.6 Å². The van der Waals surface area contributed by atoms with Crippen LogP contribution in [0.5, 0.6) is 0 Å². The van der Waals surface area contributed by atoms with Gasteiger partial charge in [-0.1, -0.05) is 126 Å². The lowest BCUT2D eigenvalue weighted by Gasteiger charge is -2.38. The zero-order chi connectivity index (χ0) is 43.6. The number of urea groups is 1. The Morgan fingerprint density at radius 2 is 1.42 bits per heavy atom. The summed E-state index contributed by atoms with van der Waals surface area (Å²) in [4.78, 5) is 62.9. The largest absolute Gasteiger partial charge is 0.453 e. The van der Waals surface area contributed by atoms with Gasteiger partial charge in [-0.05, 0) is 71.4 Å². The first-order chi connectivity index (χ1) is 28.4. The predicted molar refractivity (Wildman–Crippen MR) is 234 cm³/mol. The number of nitrogens with one attached hydrogen (secondary N) is 3. The molecule has 0 spiro atoms. The van der Waals surface area contributed by atoms with Gasteiger partial charge in [0.1, 0.15) is 12.1 Å². The molecule has 5 amide bonds. The van der Waals surface area contributed by atoms with Gasteiger partial charge in [-0.2, -0.15) is 0 Å². The lowest BCUT2D eigenvalue weighted by atomic mass is 9.84. The van der Waals surface area contributed by atoms with E-state index >= 15 is 0 Å². The van der Waals surface area contributed by atoms with Gasteiger partial charge in [0.2, 0.25) is 11.8 Å². The highest BCUT2D eigenvalue weighted by Crippen LogP contribution is 2.30. The molecule has 2 heterocycles. The van der Waals surface area contributed by atoms with Gasteiger partial charge in [0.25, 0.3) is 0 Å². The Hall–Kier alpha value is -5.75. The number of aromatic nitrogens is 1. The zero-order valence-electron chi connectivity index (χ0n) is 36.3. The molecule has 3 aromatic carbocycles. The summed E-state index contributed by atoms with van der Waals surface area (Å²) in [6, 6.07) is 27.8. The minimum absolute atomic E-state index is 0.0631. The normalized spacial score (nSPS) is 15.7. The second-order valence-electron chi connectivity index (χ2n) is 18.0. The first-order valence-corrected chi connectivity index (χ1v) is 20.7. The molecule has 60 heavy (non-hydrogen) atoms. The maximum absolute atomic E-state index is 14.6. The second-order valence-corrected chi connectivity index (χ2v) is 18.0. The number of alkyl carbamates (subject to hydrolysis) is 1. The first-order valence-electron chi connectivity index (χ1n) is 20.7. The number of ether oxygens (including phenoxy) is 1. The van der Waals surface area contributed by atoms with E-state index in [2.05, 4.69) is 20.9 Å². The third-order valence-corrected chi connectivity index (χ3v) is 11.1. The maximum Gasteiger partial charge on any atom is 0.407 e. The zero-order valence-corrected chi connectivity index (χ0v) is 36.3. The van der Waals surface area contributed by atoms with Crippen LogP contribution in [0.25, 0.3) is 11.3 Å². The lowest BCUT2D eigenvalue weighted by Crippen LogP contribution is -2.59. The number of aliphatic hydroxyl groups excluding tert-OH is 1. The van der Waals surface area contributed by atoms with Crippen LogP contribution in [-0.2, 0) is 33.7 Å². The van der Waals surface area contributed by atoms with Gasteiger partial charge >= 0.3 is 12.1 Å². The molecule has 0 unspecified atom stereocenters. The van der Waals surface area contributed by atoms with Crippen LogP contribution >= 0.6 is 0 Å². The number of benzene rings is 3. The van der Waals surface area contributed by atoms with E-state index in [4.69, 9.17) is 4.74 Å². The number of pyridine rings is 1. The number of amides is 5. The summed E-state index contributed by atoms with van der Waals surface area (Å²) in [7, 11) is 1.24. The molecule has 0 saturated carbocycles. The van der Waals surface area contributed by atoms with Gasteiger partial charge in [0.05, 0.1) is 24.9 Å². The third kappa shape index (κ3) is 12.2. The first kappa shape index (κ1) is 45.3. The lowest BCUT2D eigenvalue weighted by molar-refractivity contribution is -0.131. The van der Waals surface area contributed by atoms with Gasteiger partial charge in [-0.3, -0.25) is 14.6 Å². The summed E-state index contributed by atoms with van der Waals surface area (Å²) in [5.41, 5.74) is 4.38. The van der Waals surface area contributed by atoms with Crippen molar-refractivity contribution in [1.82, 2.24) is 30.7 Å². The summed E-state index contributed by atoms with van der Waals surface area (Å²) >= 11 is 0. The van der Waals surface area contributed by atoms with E-state index < -0.39 is 53.1 Å². The number of aliphatic hydroxyl groups is 1. The van der Waals surface area contributed by atoms with Crippen molar-refractivity contribution in [1.29, 1.82) is 0 Å². The highest BCUT2D eigenvalue weighted by molar-refractivity contribution is 5.89. The maximum atomic E-state index is 14.6. The Bertz CT molecular complexity index is 2050. The van der Waals surface area contributed by atoms with Crippen LogP contribution in [0.15, 0.2) is 103 Å². The monoisotopic (exact) mass is 818 g/mol. The average molecular weight is 819 g/mol. The quantitative estimate of drug-likeness (QED) is 0.0984. The van der Waals surface area contributed by atoms with Crippen LogP contribution in [0.2, 0.25) is 0 Å². The predicted octanol–water partition coefficient (Wildman–Crippen LogP) is 6.69. The summed E-state index contributed by atoms with van der Waals surface area (Å²) in [6.07, 6.45) is 0.570. The van der Waals surface area contributed by atoms with Gasteiger partial charge in [-0.15, -0.1) is 0 Å². The van der Waals surface area contributed by atoms with E-state index in [1.807, 2.05) is 146 Å². The van der Waals surface area contributed by atoms with Crippen LogP contribution in [0, 0.1) is 17.8 Å². The molecule has 1 aliphatic rings. The molecular weight excluding hydrogens is 757 g/mol. The molecule has 0 bridgehead atoms. The van der Waals surface area contributed by atoms with E-state index in [9.17, 15) is 24.3 Å². The number of methoxy groups -OCH3 is 1. The van der Waals surface area contributed by atoms with Crippen LogP contribution < -0.4 is 16.0 Å². The van der Waals surface area contributed by atoms with Crippen molar-refractivity contribution < 1.29 is 29.0 Å². The molecule has 1 aliphatic heterocycles. The molecule has 4 aromatic rings. The number of aryl methyl sites for hydroxylation is 1. The number of hydrogen-bond acceptors (Lipinski definition) is 7. The fourth-order valence-corrected chi connectivity index (χ4v) is 7.81. The van der Waals surface area contributed by atoms with Crippen LogP contribution in [0.1, 0.15) is 70.2 Å². The Labute approximate surface area is 355 Å². The topological polar surface area (TPSA) is 153 Å². The molecule has 1 fully saturated rings. The molecule has 12 nitrogen and oxygen atoms in total. The van der Waals surface area contributed by atoms with Crippen molar-refractivity contribution >= 4 is 23.9 Å². The average Bonchev–Trinajstić information content (AvgIpc) is 3.55. The van der Waals surface area contributed by atoms with E-state index in [1.54, 1.807) is 16.0 Å². The van der Waals surface area contributed by atoms with Crippen molar-refractivity contribution in [2.75, 3.05) is 20.2 Å². The van der Waals surface area contributed by atoms with Gasteiger partial charge in [0, 0.05) is 37.4 Å². The van der Waals surface area contributed by atoms with E-state index in [0.29, 0.717) is 32.5 Å². The highest BCUT2D eigenvalue weighted by Gasteiger charge is 2.44. The van der Waals surface area contributed by atoms with Gasteiger partial charge in [0.15, 0.2) is 0 Å². The number of nitrogens with zero attached hydrogens (tertiary/aromatic N) is 3. The second kappa shape index (κ2) is 20.0. The van der Waals surface area contributed by atoms with Crippen molar-refractivity contribution in [2.45, 2.75) is 105 Å². The number of carbonyl (C=O) groups is 4. The molecule has 320 valence electrons. The molecule has 4 N–H and O–H groups in total. The molecule has 1 saturated heterocycles. The summed E-state index contributed by atoms with van der Waals surface area (Å²) in [5, 5.41) is 21.2. The minimum atomic E-state index is -1.14. The van der Waals surface area contributed by atoms with Crippen LogP contribution in [-0.4, -0.2) is 94.3 Å². The molecule has 0 aliphatic carbocycles. The summed E-state index contributed by atoms with van der Waals surface area (Å²) in [6.45, 7) is 14.7. The van der Waals surface area contributed by atoms with E-state index in [0.717, 1.165) is 33.5 Å². The molecule has 0 radical (unpaired) electrons.